The summed E-state index contributed by atoms with van der Waals surface area (Å²) in [6.45, 7) is 4.20. The first kappa shape index (κ1) is 9.69. The molecule has 1 heterocycles. The Morgan fingerprint density at radius 2 is 1.93 bits per heavy atom. The molecule has 1 aliphatic heterocycles. The van der Waals surface area contributed by atoms with Crippen LogP contribution in [0.1, 0.15) is 43.5 Å². The summed E-state index contributed by atoms with van der Waals surface area (Å²) in [6, 6.07) is 8.70. The van der Waals surface area contributed by atoms with Crippen molar-refractivity contribution in [2.24, 2.45) is 0 Å². The molecule has 0 aliphatic carbocycles. The molecule has 0 spiro atoms. The van der Waals surface area contributed by atoms with Crippen molar-refractivity contribution in [2.75, 3.05) is 0 Å². The molecule has 2 heteroatoms. The van der Waals surface area contributed by atoms with Gasteiger partial charge in [0.2, 0.25) is 0 Å². The number of hydrogen-bond donors (Lipinski definition) is 2. The Bertz CT molecular complexity index is 309. The SMILES string of the molecule is CCC1NC(C)C(O)c2ccccc21. The molecular formula is C12H17NO. The van der Waals surface area contributed by atoms with Crippen molar-refractivity contribution in [3.63, 3.8) is 0 Å². The Kier molecular flexibility index (Phi) is 2.57. The van der Waals surface area contributed by atoms with Gasteiger partial charge >= 0.3 is 0 Å². The van der Waals surface area contributed by atoms with Crippen LogP contribution in [0, 0.1) is 0 Å². The van der Waals surface area contributed by atoms with Gasteiger partial charge in [-0.3, -0.25) is 0 Å². The van der Waals surface area contributed by atoms with Gasteiger partial charge in [-0.25, -0.2) is 0 Å². The normalized spacial score (nSPS) is 31.2. The van der Waals surface area contributed by atoms with Gasteiger partial charge in [-0.2, -0.15) is 0 Å². The second kappa shape index (κ2) is 3.71. The zero-order valence-electron chi connectivity index (χ0n) is 8.70. The van der Waals surface area contributed by atoms with E-state index in [1.54, 1.807) is 0 Å². The molecule has 2 N–H and O–H groups in total. The van der Waals surface area contributed by atoms with Gasteiger partial charge < -0.3 is 10.4 Å². The minimum atomic E-state index is -0.367. The standard InChI is InChI=1S/C12H17NO/c1-3-11-9-6-4-5-7-10(9)12(14)8(2)13-11/h4-8,11-14H,3H2,1-2H3. The van der Waals surface area contributed by atoms with Gasteiger partial charge in [-0.15, -0.1) is 0 Å². The molecule has 76 valence electrons. The molecular weight excluding hydrogens is 174 g/mol. The van der Waals surface area contributed by atoms with E-state index in [1.165, 1.54) is 5.56 Å². The highest BCUT2D eigenvalue weighted by molar-refractivity contribution is 5.35. The van der Waals surface area contributed by atoms with E-state index in [-0.39, 0.29) is 12.1 Å². The van der Waals surface area contributed by atoms with E-state index in [4.69, 9.17) is 0 Å². The number of aliphatic hydroxyl groups excluding tert-OH is 1. The maximum Gasteiger partial charge on any atom is 0.0943 e. The topological polar surface area (TPSA) is 32.3 Å². The molecule has 0 bridgehead atoms. The smallest absolute Gasteiger partial charge is 0.0943 e. The molecule has 2 nitrogen and oxygen atoms in total. The number of fused-ring (bicyclic) bond motifs is 1. The Morgan fingerprint density at radius 1 is 1.29 bits per heavy atom. The molecule has 2 rings (SSSR count). The van der Waals surface area contributed by atoms with Gasteiger partial charge in [0, 0.05) is 12.1 Å². The summed E-state index contributed by atoms with van der Waals surface area (Å²) in [4.78, 5) is 0. The molecule has 0 amide bonds. The third-order valence-corrected chi connectivity index (χ3v) is 3.04. The Hall–Kier alpha value is -0.860. The van der Waals surface area contributed by atoms with E-state index >= 15 is 0 Å². The second-order valence-electron chi connectivity index (χ2n) is 3.99. The minimum Gasteiger partial charge on any atom is -0.387 e. The summed E-state index contributed by atoms with van der Waals surface area (Å²) in [5.74, 6) is 0. The first-order valence-electron chi connectivity index (χ1n) is 5.27. The average molecular weight is 191 g/mol. The molecule has 1 aromatic carbocycles. The van der Waals surface area contributed by atoms with E-state index in [1.807, 2.05) is 25.1 Å². The highest BCUT2D eigenvalue weighted by Crippen LogP contribution is 2.33. The number of aliphatic hydroxyl groups is 1. The predicted molar refractivity (Wildman–Crippen MR) is 57.0 cm³/mol. The summed E-state index contributed by atoms with van der Waals surface area (Å²) >= 11 is 0. The van der Waals surface area contributed by atoms with Gasteiger partial charge in [0.25, 0.3) is 0 Å². The fourth-order valence-corrected chi connectivity index (χ4v) is 2.20. The van der Waals surface area contributed by atoms with Gasteiger partial charge in [0.05, 0.1) is 6.10 Å². The molecule has 0 fully saturated rings. The minimum absolute atomic E-state index is 0.148. The van der Waals surface area contributed by atoms with E-state index in [9.17, 15) is 5.11 Å². The molecule has 14 heavy (non-hydrogen) atoms. The first-order chi connectivity index (χ1) is 6.74. The van der Waals surface area contributed by atoms with E-state index in [0.29, 0.717) is 6.04 Å². The van der Waals surface area contributed by atoms with Crippen molar-refractivity contribution in [1.82, 2.24) is 5.32 Å². The first-order valence-corrected chi connectivity index (χ1v) is 5.27. The van der Waals surface area contributed by atoms with Crippen LogP contribution >= 0.6 is 0 Å². The van der Waals surface area contributed by atoms with Gasteiger partial charge in [0.15, 0.2) is 0 Å². The largest absolute Gasteiger partial charge is 0.387 e. The molecule has 3 atom stereocenters. The van der Waals surface area contributed by atoms with Crippen LogP contribution in [-0.2, 0) is 0 Å². The Morgan fingerprint density at radius 3 is 2.57 bits per heavy atom. The Balaban J connectivity index is 2.44. The van der Waals surface area contributed by atoms with Crippen LogP contribution in [0.25, 0.3) is 0 Å². The lowest BCUT2D eigenvalue weighted by Crippen LogP contribution is -2.40. The van der Waals surface area contributed by atoms with Gasteiger partial charge in [0.1, 0.15) is 0 Å². The maximum absolute atomic E-state index is 9.98. The number of rotatable bonds is 1. The van der Waals surface area contributed by atoms with Crippen molar-refractivity contribution in [3.05, 3.63) is 35.4 Å². The predicted octanol–water partition coefficient (Wildman–Crippen LogP) is 2.16. The summed E-state index contributed by atoms with van der Waals surface area (Å²) in [5.41, 5.74) is 2.34. The highest BCUT2D eigenvalue weighted by Gasteiger charge is 2.28. The summed E-state index contributed by atoms with van der Waals surface area (Å²) in [7, 11) is 0. The van der Waals surface area contributed by atoms with Crippen LogP contribution in [-0.4, -0.2) is 11.1 Å². The molecule has 1 aromatic rings. The van der Waals surface area contributed by atoms with Crippen LogP contribution in [0.2, 0.25) is 0 Å². The quantitative estimate of drug-likeness (QED) is 0.713. The third-order valence-electron chi connectivity index (χ3n) is 3.04. The van der Waals surface area contributed by atoms with Crippen LogP contribution in [0.4, 0.5) is 0 Å². The maximum atomic E-state index is 9.98. The lowest BCUT2D eigenvalue weighted by molar-refractivity contribution is 0.115. The third kappa shape index (κ3) is 1.45. The fourth-order valence-electron chi connectivity index (χ4n) is 2.20. The highest BCUT2D eigenvalue weighted by atomic mass is 16.3. The zero-order chi connectivity index (χ0) is 10.1. The van der Waals surface area contributed by atoms with E-state index < -0.39 is 0 Å². The lowest BCUT2D eigenvalue weighted by Gasteiger charge is -2.34. The number of benzene rings is 1. The molecule has 3 unspecified atom stereocenters. The summed E-state index contributed by atoms with van der Waals surface area (Å²) in [5, 5.41) is 13.4. The number of nitrogens with one attached hydrogen (secondary N) is 1. The van der Waals surface area contributed by atoms with Crippen LogP contribution in [0.3, 0.4) is 0 Å². The van der Waals surface area contributed by atoms with Crippen molar-refractivity contribution in [2.45, 2.75) is 38.5 Å². The van der Waals surface area contributed by atoms with Crippen LogP contribution in [0.5, 0.6) is 0 Å². The van der Waals surface area contributed by atoms with Gasteiger partial charge in [-0.05, 0) is 24.5 Å². The zero-order valence-corrected chi connectivity index (χ0v) is 8.70. The lowest BCUT2D eigenvalue weighted by atomic mass is 9.87. The molecule has 0 saturated heterocycles. The molecule has 0 saturated carbocycles. The monoisotopic (exact) mass is 191 g/mol. The molecule has 1 aliphatic rings. The number of hydrogen-bond acceptors (Lipinski definition) is 2. The van der Waals surface area contributed by atoms with Crippen molar-refractivity contribution < 1.29 is 5.11 Å². The van der Waals surface area contributed by atoms with Crippen LogP contribution < -0.4 is 5.32 Å². The fraction of sp³-hybridized carbons (Fsp3) is 0.500. The van der Waals surface area contributed by atoms with Crippen molar-refractivity contribution >= 4 is 0 Å². The Labute approximate surface area is 85.0 Å². The average Bonchev–Trinajstić information content (AvgIpc) is 2.23. The van der Waals surface area contributed by atoms with Crippen LogP contribution in [0.15, 0.2) is 24.3 Å². The second-order valence-corrected chi connectivity index (χ2v) is 3.99. The van der Waals surface area contributed by atoms with Crippen molar-refractivity contribution in [3.8, 4) is 0 Å². The summed E-state index contributed by atoms with van der Waals surface area (Å²) < 4.78 is 0. The molecule has 0 aromatic heterocycles. The summed E-state index contributed by atoms with van der Waals surface area (Å²) in [6.07, 6.45) is 0.697. The van der Waals surface area contributed by atoms with E-state index in [0.717, 1.165) is 12.0 Å². The molecule has 0 radical (unpaired) electrons. The van der Waals surface area contributed by atoms with Crippen molar-refractivity contribution in [1.29, 1.82) is 0 Å². The van der Waals surface area contributed by atoms with Gasteiger partial charge in [-0.1, -0.05) is 31.2 Å². The van der Waals surface area contributed by atoms with E-state index in [2.05, 4.69) is 18.3 Å².